The number of nitrogens with zero attached hydrogens (tertiary/aromatic N) is 2. The minimum atomic E-state index is -0.299. The molecule has 2 atom stereocenters. The first-order valence-electron chi connectivity index (χ1n) is 8.04. The van der Waals surface area contributed by atoms with Crippen LogP contribution in [-0.4, -0.2) is 36.8 Å². The molecular formula is C18H27N3OS. The highest BCUT2D eigenvalue weighted by Crippen LogP contribution is 2.25. The van der Waals surface area contributed by atoms with E-state index in [0.717, 1.165) is 30.3 Å². The molecular weight excluding hydrogens is 306 g/mol. The first kappa shape index (κ1) is 17.9. The third kappa shape index (κ3) is 5.30. The Bertz CT molecular complexity index is 596. The normalized spacial score (nSPS) is 13.8. The number of aliphatic hydroxyl groups is 1. The van der Waals surface area contributed by atoms with E-state index in [1.807, 2.05) is 32.0 Å². The Hall–Kier alpha value is -1.43. The van der Waals surface area contributed by atoms with Crippen LogP contribution in [0.25, 0.3) is 0 Å². The molecule has 2 N–H and O–H groups in total. The maximum atomic E-state index is 9.77. The van der Waals surface area contributed by atoms with Gasteiger partial charge in [-0.15, -0.1) is 11.3 Å². The Morgan fingerprint density at radius 1 is 1.26 bits per heavy atom. The first-order chi connectivity index (χ1) is 11.0. The molecule has 1 aromatic carbocycles. The minimum absolute atomic E-state index is 0.299. The monoisotopic (exact) mass is 333 g/mol. The highest BCUT2D eigenvalue weighted by molar-refractivity contribution is 7.15. The highest BCUT2D eigenvalue weighted by atomic mass is 32.1. The molecule has 0 fully saturated rings. The average Bonchev–Trinajstić information content (AvgIpc) is 2.88. The zero-order valence-corrected chi connectivity index (χ0v) is 15.2. The molecule has 0 aliphatic rings. The summed E-state index contributed by atoms with van der Waals surface area (Å²) in [6.45, 7) is 5.58. The van der Waals surface area contributed by atoms with Crippen LogP contribution in [0.1, 0.15) is 35.4 Å². The number of benzene rings is 1. The smallest absolute Gasteiger partial charge is 0.185 e. The van der Waals surface area contributed by atoms with E-state index in [9.17, 15) is 5.11 Å². The van der Waals surface area contributed by atoms with Gasteiger partial charge in [0.15, 0.2) is 5.13 Å². The van der Waals surface area contributed by atoms with Gasteiger partial charge in [-0.05, 0) is 31.7 Å². The number of nitrogens with one attached hydrogen (secondary N) is 1. The fourth-order valence-electron chi connectivity index (χ4n) is 2.60. The zero-order chi connectivity index (χ0) is 16.8. The van der Waals surface area contributed by atoms with Gasteiger partial charge in [0.25, 0.3) is 0 Å². The number of aromatic nitrogens is 1. The molecule has 0 amide bonds. The molecule has 0 bridgehead atoms. The van der Waals surface area contributed by atoms with Crippen molar-refractivity contribution in [3.8, 4) is 0 Å². The molecule has 0 radical (unpaired) electrons. The molecule has 2 rings (SSSR count). The lowest BCUT2D eigenvalue weighted by Crippen LogP contribution is -2.23. The highest BCUT2D eigenvalue weighted by Gasteiger charge is 2.15. The lowest BCUT2D eigenvalue weighted by Gasteiger charge is -2.19. The molecule has 1 aromatic heterocycles. The van der Waals surface area contributed by atoms with Gasteiger partial charge in [-0.1, -0.05) is 30.3 Å². The van der Waals surface area contributed by atoms with Gasteiger partial charge in [-0.2, -0.15) is 0 Å². The average molecular weight is 334 g/mol. The first-order valence-corrected chi connectivity index (χ1v) is 8.86. The van der Waals surface area contributed by atoms with Crippen LogP contribution in [0.3, 0.4) is 0 Å². The van der Waals surface area contributed by atoms with E-state index in [4.69, 9.17) is 0 Å². The second-order valence-electron chi connectivity index (χ2n) is 6.22. The quantitative estimate of drug-likeness (QED) is 0.779. The van der Waals surface area contributed by atoms with E-state index < -0.39 is 0 Å². The van der Waals surface area contributed by atoms with Crippen LogP contribution in [0.5, 0.6) is 0 Å². The van der Waals surface area contributed by atoms with E-state index in [0.29, 0.717) is 5.92 Å². The summed E-state index contributed by atoms with van der Waals surface area (Å²) in [5.74, 6) is 0.317. The van der Waals surface area contributed by atoms with Crippen molar-refractivity contribution < 1.29 is 5.11 Å². The minimum Gasteiger partial charge on any atom is -0.393 e. The summed E-state index contributed by atoms with van der Waals surface area (Å²) >= 11 is 1.73. The van der Waals surface area contributed by atoms with Gasteiger partial charge >= 0.3 is 0 Å². The van der Waals surface area contributed by atoms with Crippen LogP contribution in [0.4, 0.5) is 5.13 Å². The van der Waals surface area contributed by atoms with E-state index in [1.165, 1.54) is 10.4 Å². The Kier molecular flexibility index (Phi) is 6.57. The summed E-state index contributed by atoms with van der Waals surface area (Å²) in [4.78, 5) is 7.90. The van der Waals surface area contributed by atoms with Gasteiger partial charge in [0.2, 0.25) is 0 Å². The van der Waals surface area contributed by atoms with Gasteiger partial charge in [0.1, 0.15) is 0 Å². The van der Waals surface area contributed by atoms with Crippen LogP contribution < -0.4 is 10.2 Å². The standard InChI is InChI=1S/C18H27N3OS/c1-13(22)10-16(15-8-6-5-7-9-15)11-19-12-17-14(2)20-18(23-17)21(3)4/h5-9,13,16,19,22H,10-12H2,1-4H3. The lowest BCUT2D eigenvalue weighted by molar-refractivity contribution is 0.173. The Morgan fingerprint density at radius 2 is 1.96 bits per heavy atom. The van der Waals surface area contributed by atoms with Crippen molar-refractivity contribution in [1.82, 2.24) is 10.3 Å². The fourth-order valence-corrected chi connectivity index (χ4v) is 3.56. The van der Waals surface area contributed by atoms with Gasteiger partial charge in [0, 0.05) is 32.1 Å². The molecule has 126 valence electrons. The van der Waals surface area contributed by atoms with Crippen molar-refractivity contribution in [2.24, 2.45) is 0 Å². The molecule has 0 saturated carbocycles. The zero-order valence-electron chi connectivity index (χ0n) is 14.4. The molecule has 0 spiro atoms. The maximum Gasteiger partial charge on any atom is 0.185 e. The molecule has 4 nitrogen and oxygen atoms in total. The second kappa shape index (κ2) is 8.43. The van der Waals surface area contributed by atoms with Crippen molar-refractivity contribution in [3.63, 3.8) is 0 Å². The number of thiazole rings is 1. The maximum absolute atomic E-state index is 9.77. The summed E-state index contributed by atoms with van der Waals surface area (Å²) in [5, 5.41) is 14.4. The van der Waals surface area contributed by atoms with Gasteiger partial charge in [-0.25, -0.2) is 4.98 Å². The molecule has 2 aromatic rings. The van der Waals surface area contributed by atoms with E-state index >= 15 is 0 Å². The van der Waals surface area contributed by atoms with Crippen LogP contribution in [-0.2, 0) is 6.54 Å². The largest absolute Gasteiger partial charge is 0.393 e. The number of hydrogen-bond donors (Lipinski definition) is 2. The third-order valence-corrected chi connectivity index (χ3v) is 5.16. The van der Waals surface area contributed by atoms with E-state index in [1.54, 1.807) is 11.3 Å². The molecule has 2 unspecified atom stereocenters. The van der Waals surface area contributed by atoms with E-state index in [2.05, 4.69) is 41.5 Å². The second-order valence-corrected chi connectivity index (χ2v) is 7.28. The number of aryl methyl sites for hydroxylation is 1. The summed E-state index contributed by atoms with van der Waals surface area (Å²) in [6, 6.07) is 10.4. The molecule has 1 heterocycles. The summed E-state index contributed by atoms with van der Waals surface area (Å²) in [5.41, 5.74) is 2.37. The summed E-state index contributed by atoms with van der Waals surface area (Å²) in [7, 11) is 4.03. The van der Waals surface area contributed by atoms with Crippen LogP contribution in [0.2, 0.25) is 0 Å². The molecule has 0 aliphatic carbocycles. The number of rotatable bonds is 8. The Morgan fingerprint density at radius 3 is 2.52 bits per heavy atom. The molecule has 0 saturated heterocycles. The van der Waals surface area contributed by atoms with Gasteiger partial charge in [0.05, 0.1) is 11.8 Å². The fraction of sp³-hybridized carbons (Fsp3) is 0.500. The SMILES string of the molecule is Cc1nc(N(C)C)sc1CNCC(CC(C)O)c1ccccc1. The van der Waals surface area contributed by atoms with Crippen molar-refractivity contribution >= 4 is 16.5 Å². The number of hydrogen-bond acceptors (Lipinski definition) is 5. The molecule has 5 heteroatoms. The van der Waals surface area contributed by atoms with Crippen LogP contribution in [0, 0.1) is 6.92 Å². The van der Waals surface area contributed by atoms with Crippen molar-refractivity contribution in [3.05, 3.63) is 46.5 Å². The van der Waals surface area contributed by atoms with Crippen LogP contribution in [0.15, 0.2) is 30.3 Å². The van der Waals surface area contributed by atoms with Crippen molar-refractivity contribution in [2.75, 3.05) is 25.5 Å². The van der Waals surface area contributed by atoms with Gasteiger partial charge < -0.3 is 15.3 Å². The molecule has 0 aliphatic heterocycles. The Labute approximate surface area is 143 Å². The number of aliphatic hydroxyl groups excluding tert-OH is 1. The van der Waals surface area contributed by atoms with Gasteiger partial charge in [-0.3, -0.25) is 0 Å². The third-order valence-electron chi connectivity index (χ3n) is 3.84. The topological polar surface area (TPSA) is 48.4 Å². The predicted molar refractivity (Wildman–Crippen MR) is 98.4 cm³/mol. The number of anilines is 1. The summed E-state index contributed by atoms with van der Waals surface area (Å²) in [6.07, 6.45) is 0.467. The van der Waals surface area contributed by atoms with E-state index in [-0.39, 0.29) is 6.10 Å². The molecule has 23 heavy (non-hydrogen) atoms. The Balaban J connectivity index is 1.96. The van der Waals surface area contributed by atoms with Crippen LogP contribution >= 0.6 is 11.3 Å². The lowest BCUT2D eigenvalue weighted by atomic mass is 9.93. The summed E-state index contributed by atoms with van der Waals surface area (Å²) < 4.78 is 0. The predicted octanol–water partition coefficient (Wildman–Crippen LogP) is 3.16. The van der Waals surface area contributed by atoms with Crippen molar-refractivity contribution in [2.45, 2.75) is 38.8 Å². The van der Waals surface area contributed by atoms with Crippen molar-refractivity contribution in [1.29, 1.82) is 0 Å².